The number of pyridine rings is 1. The predicted octanol–water partition coefficient (Wildman–Crippen LogP) is 3.60. The average Bonchev–Trinajstić information content (AvgIpc) is 3.24. The molecule has 1 unspecified atom stereocenters. The Morgan fingerprint density at radius 1 is 1.13 bits per heavy atom. The molecule has 5 fully saturated rings. The Balaban J connectivity index is 1.11. The molecule has 1 aromatic carbocycles. The molecule has 2 spiro atoms. The van der Waals surface area contributed by atoms with Crippen LogP contribution in [0.15, 0.2) is 60.0 Å². The summed E-state index contributed by atoms with van der Waals surface area (Å²) in [6.45, 7) is 4.21. The first-order valence-corrected chi connectivity index (χ1v) is 15.1. The monoisotopic (exact) mass is 525 g/mol. The Morgan fingerprint density at radius 3 is 2.87 bits per heavy atom. The third kappa shape index (κ3) is 2.73. The minimum Gasteiger partial charge on any atom is -0.388 e. The number of aliphatic hydroxyl groups is 2. The molecule has 0 amide bonds. The molecule has 9 rings (SSSR count). The lowest BCUT2D eigenvalue weighted by atomic mass is 9.55. The van der Waals surface area contributed by atoms with E-state index in [1.54, 1.807) is 0 Å². The maximum Gasteiger partial charge on any atom is 0.105 e. The van der Waals surface area contributed by atoms with Gasteiger partial charge in [0.15, 0.2) is 0 Å². The zero-order valence-electron chi connectivity index (χ0n) is 22.7. The van der Waals surface area contributed by atoms with Crippen LogP contribution in [0.3, 0.4) is 0 Å². The highest BCUT2D eigenvalue weighted by Gasteiger charge is 2.78. The number of ether oxygens (including phenoxy) is 1. The number of nitrogens with two attached hydrogens (primary N) is 1. The molecule has 2 saturated heterocycles. The summed E-state index contributed by atoms with van der Waals surface area (Å²) >= 11 is 0. The minimum atomic E-state index is -0.889. The van der Waals surface area contributed by atoms with Gasteiger partial charge in [-0.3, -0.25) is 9.88 Å². The third-order valence-electron chi connectivity index (χ3n) is 12.8. The van der Waals surface area contributed by atoms with Crippen molar-refractivity contribution >= 4 is 10.8 Å². The number of benzene rings is 1. The van der Waals surface area contributed by atoms with Crippen LogP contribution in [0.2, 0.25) is 0 Å². The first kappa shape index (κ1) is 23.6. The van der Waals surface area contributed by atoms with Crippen LogP contribution in [0.25, 0.3) is 10.8 Å². The number of likely N-dealkylation sites (tertiary alicyclic amines) is 1. The van der Waals surface area contributed by atoms with Crippen molar-refractivity contribution in [2.45, 2.75) is 92.8 Å². The fourth-order valence-electron chi connectivity index (χ4n) is 10.8. The van der Waals surface area contributed by atoms with E-state index in [2.05, 4.69) is 53.2 Å². The van der Waals surface area contributed by atoms with Gasteiger partial charge in [-0.2, -0.15) is 0 Å². The summed E-state index contributed by atoms with van der Waals surface area (Å²) in [5.74, 6) is 1.14. The molecule has 204 valence electrons. The van der Waals surface area contributed by atoms with Crippen LogP contribution in [-0.4, -0.2) is 68.7 Å². The van der Waals surface area contributed by atoms with Crippen LogP contribution in [0.1, 0.15) is 57.4 Å². The number of nitrogens with zero attached hydrogens (tertiary/aromatic N) is 2. The van der Waals surface area contributed by atoms with Gasteiger partial charge in [-0.1, -0.05) is 31.2 Å². The zero-order chi connectivity index (χ0) is 26.4. The van der Waals surface area contributed by atoms with E-state index < -0.39 is 17.8 Å². The summed E-state index contributed by atoms with van der Waals surface area (Å²) in [5, 5.41) is 25.2. The summed E-state index contributed by atoms with van der Waals surface area (Å²) in [4.78, 5) is 6.71. The molecule has 7 aliphatic rings. The Morgan fingerprint density at radius 2 is 2.03 bits per heavy atom. The van der Waals surface area contributed by atoms with E-state index in [1.165, 1.54) is 34.8 Å². The van der Waals surface area contributed by atoms with Crippen LogP contribution in [0.5, 0.6) is 0 Å². The predicted molar refractivity (Wildman–Crippen MR) is 149 cm³/mol. The van der Waals surface area contributed by atoms with Crippen molar-refractivity contribution in [3.8, 4) is 0 Å². The Bertz CT molecular complexity index is 1470. The second kappa shape index (κ2) is 7.40. The molecule has 3 aliphatic heterocycles. The largest absolute Gasteiger partial charge is 0.388 e. The summed E-state index contributed by atoms with van der Waals surface area (Å²) in [5.41, 5.74) is 9.45. The second-order valence-corrected chi connectivity index (χ2v) is 14.2. The molecule has 4 N–H and O–H groups in total. The van der Waals surface area contributed by atoms with Crippen molar-refractivity contribution in [3.05, 3.63) is 65.5 Å². The Kier molecular flexibility index (Phi) is 4.48. The smallest absolute Gasteiger partial charge is 0.105 e. The van der Waals surface area contributed by atoms with E-state index in [-0.39, 0.29) is 28.5 Å². The summed E-state index contributed by atoms with van der Waals surface area (Å²) in [6, 6.07) is 9.21. The van der Waals surface area contributed by atoms with Crippen LogP contribution in [0.4, 0.5) is 0 Å². The highest BCUT2D eigenvalue weighted by atomic mass is 16.5. The van der Waals surface area contributed by atoms with E-state index in [0.29, 0.717) is 11.8 Å². The maximum atomic E-state index is 11.4. The second-order valence-electron chi connectivity index (χ2n) is 14.2. The number of aromatic nitrogens is 1. The van der Waals surface area contributed by atoms with Crippen LogP contribution in [-0.2, 0) is 10.2 Å². The van der Waals surface area contributed by atoms with Crippen molar-refractivity contribution in [2.75, 3.05) is 13.1 Å². The topological polar surface area (TPSA) is 91.8 Å². The molecule has 0 radical (unpaired) electrons. The number of hydrogen-bond donors (Lipinski definition) is 3. The Labute approximate surface area is 229 Å². The molecule has 6 heteroatoms. The molecule has 2 bridgehead atoms. The summed E-state index contributed by atoms with van der Waals surface area (Å²) in [7, 11) is 0. The van der Waals surface area contributed by atoms with Gasteiger partial charge in [0.1, 0.15) is 6.10 Å². The van der Waals surface area contributed by atoms with Crippen molar-refractivity contribution in [1.29, 1.82) is 0 Å². The molecule has 39 heavy (non-hydrogen) atoms. The fourth-order valence-corrected chi connectivity index (χ4v) is 10.8. The first-order chi connectivity index (χ1) is 18.8. The summed E-state index contributed by atoms with van der Waals surface area (Å²) < 4.78 is 7.44. The van der Waals surface area contributed by atoms with E-state index >= 15 is 0 Å². The SMILES string of the molecule is C[C@]12CC=C3C=C4[C@@H](O)[C@H](O)[C@@H](N5CC[C@@H](N)C5)C[C@]45CCC3(O5)[C@@H]1C[C@H]1C[C@]12c1ccc2ccncc2c1. The average molecular weight is 526 g/mol. The van der Waals surface area contributed by atoms with Gasteiger partial charge < -0.3 is 20.7 Å². The first-order valence-electron chi connectivity index (χ1n) is 15.1. The van der Waals surface area contributed by atoms with Crippen molar-refractivity contribution in [2.24, 2.45) is 23.0 Å². The number of fused-ring (bicyclic) bond motifs is 4. The molecule has 6 nitrogen and oxygen atoms in total. The van der Waals surface area contributed by atoms with Crippen LogP contribution < -0.4 is 5.73 Å². The Hall–Kier alpha value is -2.09. The normalized spacial score (nSPS) is 49.6. The van der Waals surface area contributed by atoms with Crippen LogP contribution in [0, 0.1) is 17.3 Å². The van der Waals surface area contributed by atoms with E-state index in [1.807, 2.05) is 12.4 Å². The number of rotatable bonds is 2. The van der Waals surface area contributed by atoms with E-state index in [4.69, 9.17) is 10.5 Å². The lowest BCUT2D eigenvalue weighted by Gasteiger charge is -2.57. The van der Waals surface area contributed by atoms with Gasteiger partial charge in [-0.25, -0.2) is 0 Å². The number of hydrogen-bond acceptors (Lipinski definition) is 6. The van der Waals surface area contributed by atoms with Gasteiger partial charge >= 0.3 is 0 Å². The molecule has 1 aromatic heterocycles. The van der Waals surface area contributed by atoms with Gasteiger partial charge in [0.05, 0.1) is 17.3 Å². The quantitative estimate of drug-likeness (QED) is 0.555. The maximum absolute atomic E-state index is 11.4. The molecule has 2 aromatic rings. The lowest BCUT2D eigenvalue weighted by Crippen LogP contribution is -2.63. The molecule has 4 aliphatic carbocycles. The summed E-state index contributed by atoms with van der Waals surface area (Å²) in [6.07, 6.45) is 14.0. The van der Waals surface area contributed by atoms with Gasteiger partial charge in [-0.15, -0.1) is 0 Å². The van der Waals surface area contributed by atoms with Crippen molar-refractivity contribution in [1.82, 2.24) is 9.88 Å². The standard InChI is InChI=1S/C33H39N3O3/c1-30-7-4-22-13-25-28(37)29(38)26(36-11-6-24(34)18-36)16-31(25)8-9-33(22,39-31)27(30)14-23-15-32(23,30)21-3-2-19-5-10-35-17-20(19)12-21/h2-5,10,12-13,17,23-24,26-29,37-38H,6-9,11,14-16,18,34H2,1H3/t23-,24+,26-,27+,28+,29+,30-,31+,32-,33?/m0/s1. The lowest BCUT2D eigenvalue weighted by molar-refractivity contribution is -0.170. The van der Waals surface area contributed by atoms with E-state index in [0.717, 1.165) is 50.8 Å². The molecular weight excluding hydrogens is 486 g/mol. The molecule has 10 atom stereocenters. The zero-order valence-corrected chi connectivity index (χ0v) is 22.7. The molecular formula is C33H39N3O3. The van der Waals surface area contributed by atoms with Gasteiger partial charge in [0, 0.05) is 48.4 Å². The van der Waals surface area contributed by atoms with E-state index in [9.17, 15) is 10.2 Å². The highest BCUT2D eigenvalue weighted by Crippen LogP contribution is 2.80. The van der Waals surface area contributed by atoms with Gasteiger partial charge in [0.2, 0.25) is 0 Å². The van der Waals surface area contributed by atoms with Crippen molar-refractivity contribution < 1.29 is 14.9 Å². The fraction of sp³-hybridized carbons (Fsp3) is 0.606. The van der Waals surface area contributed by atoms with Gasteiger partial charge in [-0.05, 0) is 96.4 Å². The number of allylic oxidation sites excluding steroid dienone is 1. The highest BCUT2D eigenvalue weighted by molar-refractivity contribution is 5.82. The molecule has 3 saturated carbocycles. The van der Waals surface area contributed by atoms with Crippen molar-refractivity contribution in [3.63, 3.8) is 0 Å². The molecule has 4 heterocycles. The minimum absolute atomic E-state index is 0.115. The number of aliphatic hydroxyl groups excluding tert-OH is 2. The third-order valence-corrected chi connectivity index (χ3v) is 12.8. The van der Waals surface area contributed by atoms with Gasteiger partial charge in [0.25, 0.3) is 0 Å². The van der Waals surface area contributed by atoms with Crippen LogP contribution >= 0.6 is 0 Å².